The maximum atomic E-state index is 9.58. The number of ether oxygens (including phenoxy) is 1. The van der Waals surface area contributed by atoms with Gasteiger partial charge >= 0.3 is 11.9 Å². The van der Waals surface area contributed by atoms with E-state index in [0.717, 1.165) is 0 Å². The average molecular weight is 331 g/mol. The molecule has 0 fully saturated rings. The Bertz CT molecular complexity index is 505. The highest BCUT2D eigenvalue weighted by molar-refractivity contribution is 6.27. The minimum absolute atomic E-state index is 0.129. The number of carboxylic acids is 2. The fourth-order valence-corrected chi connectivity index (χ4v) is 1.22. The predicted molar refractivity (Wildman–Crippen MR) is 79.7 cm³/mol. The standard InChI is InChI=1S/C12H19NO4.C2H2O4/c1-8(2)13-6-9(14)7-17-10-3-4-11(15)12(16)5-10;3-1(4)2(5)6/h3-5,8-9,13-16H,6-7H2,1-2H3;(H,3,4)(H,5,6). The molecule has 130 valence electrons. The van der Waals surface area contributed by atoms with Gasteiger partial charge in [0.25, 0.3) is 0 Å². The van der Waals surface area contributed by atoms with Crippen LogP contribution in [0.25, 0.3) is 0 Å². The molecule has 0 bridgehead atoms. The highest BCUT2D eigenvalue weighted by atomic mass is 16.5. The van der Waals surface area contributed by atoms with E-state index in [1.54, 1.807) is 0 Å². The van der Waals surface area contributed by atoms with Crippen LogP contribution in [0.3, 0.4) is 0 Å². The second kappa shape index (κ2) is 10.2. The van der Waals surface area contributed by atoms with Crippen LogP contribution in [0.15, 0.2) is 18.2 Å². The number of nitrogens with one attached hydrogen (secondary N) is 1. The van der Waals surface area contributed by atoms with Crippen molar-refractivity contribution in [3.8, 4) is 17.2 Å². The lowest BCUT2D eigenvalue weighted by Gasteiger charge is -2.15. The number of hydrogen-bond acceptors (Lipinski definition) is 7. The Balaban J connectivity index is 0.000000688. The minimum atomic E-state index is -1.82. The first-order chi connectivity index (χ1) is 10.6. The van der Waals surface area contributed by atoms with Crippen molar-refractivity contribution in [3.63, 3.8) is 0 Å². The summed E-state index contributed by atoms with van der Waals surface area (Å²) in [7, 11) is 0. The Morgan fingerprint density at radius 1 is 1.13 bits per heavy atom. The smallest absolute Gasteiger partial charge is 0.414 e. The molecule has 9 heteroatoms. The molecule has 0 amide bonds. The third kappa shape index (κ3) is 9.93. The van der Waals surface area contributed by atoms with Crippen molar-refractivity contribution in [2.24, 2.45) is 0 Å². The molecule has 9 nitrogen and oxygen atoms in total. The molecular formula is C14H21NO8. The van der Waals surface area contributed by atoms with Crippen molar-refractivity contribution in [2.75, 3.05) is 13.2 Å². The maximum Gasteiger partial charge on any atom is 0.414 e. The zero-order valence-corrected chi connectivity index (χ0v) is 12.8. The van der Waals surface area contributed by atoms with Crippen LogP contribution >= 0.6 is 0 Å². The number of aromatic hydroxyl groups is 2. The monoisotopic (exact) mass is 331 g/mol. The highest BCUT2D eigenvalue weighted by Gasteiger charge is 2.07. The van der Waals surface area contributed by atoms with Crippen molar-refractivity contribution in [1.29, 1.82) is 0 Å². The third-order valence-corrected chi connectivity index (χ3v) is 2.33. The van der Waals surface area contributed by atoms with Crippen molar-refractivity contribution in [2.45, 2.75) is 26.0 Å². The molecule has 0 saturated carbocycles. The van der Waals surface area contributed by atoms with Gasteiger partial charge in [0, 0.05) is 18.7 Å². The van der Waals surface area contributed by atoms with Crippen molar-refractivity contribution < 1.29 is 39.9 Å². The van der Waals surface area contributed by atoms with Gasteiger partial charge in [-0.15, -0.1) is 0 Å². The van der Waals surface area contributed by atoms with Gasteiger partial charge in [-0.05, 0) is 12.1 Å². The van der Waals surface area contributed by atoms with Crippen molar-refractivity contribution >= 4 is 11.9 Å². The molecule has 6 N–H and O–H groups in total. The molecule has 1 aromatic carbocycles. The summed E-state index contributed by atoms with van der Waals surface area (Å²) < 4.78 is 5.27. The van der Waals surface area contributed by atoms with Crippen molar-refractivity contribution in [1.82, 2.24) is 5.32 Å². The Morgan fingerprint density at radius 2 is 1.70 bits per heavy atom. The number of hydrogen-bond donors (Lipinski definition) is 6. The minimum Gasteiger partial charge on any atom is -0.504 e. The number of aliphatic hydroxyl groups excluding tert-OH is 1. The molecular weight excluding hydrogens is 310 g/mol. The SMILES string of the molecule is CC(C)NCC(O)COc1ccc(O)c(O)c1.O=C(O)C(=O)O. The van der Waals surface area contributed by atoms with Gasteiger partial charge in [0.2, 0.25) is 0 Å². The molecule has 0 aliphatic rings. The van der Waals surface area contributed by atoms with Gasteiger partial charge in [0.05, 0.1) is 0 Å². The first-order valence-corrected chi connectivity index (χ1v) is 6.66. The second-order valence-electron chi connectivity index (χ2n) is 4.79. The molecule has 0 aliphatic heterocycles. The van der Waals surface area contributed by atoms with Crippen LogP contribution in [0.5, 0.6) is 17.2 Å². The van der Waals surface area contributed by atoms with E-state index in [0.29, 0.717) is 18.3 Å². The van der Waals surface area contributed by atoms with E-state index < -0.39 is 18.0 Å². The summed E-state index contributed by atoms with van der Waals surface area (Å²) >= 11 is 0. The lowest BCUT2D eigenvalue weighted by molar-refractivity contribution is -0.159. The number of rotatable bonds is 6. The Hall–Kier alpha value is -2.52. The summed E-state index contributed by atoms with van der Waals surface area (Å²) in [5, 5.41) is 45.8. The summed E-state index contributed by atoms with van der Waals surface area (Å²) in [6.07, 6.45) is -0.617. The van der Waals surface area contributed by atoms with Crippen LogP contribution in [0, 0.1) is 0 Å². The van der Waals surface area contributed by atoms with E-state index in [2.05, 4.69) is 5.32 Å². The fourth-order valence-electron chi connectivity index (χ4n) is 1.22. The van der Waals surface area contributed by atoms with Gasteiger partial charge in [0.1, 0.15) is 18.5 Å². The van der Waals surface area contributed by atoms with Gasteiger partial charge in [-0.3, -0.25) is 0 Å². The van der Waals surface area contributed by atoms with E-state index in [1.807, 2.05) is 13.8 Å². The number of aliphatic hydroxyl groups is 1. The Kier molecular flexibility index (Phi) is 9.12. The molecule has 0 radical (unpaired) electrons. The largest absolute Gasteiger partial charge is 0.504 e. The number of phenols is 2. The topological polar surface area (TPSA) is 157 Å². The van der Waals surface area contributed by atoms with E-state index >= 15 is 0 Å². The summed E-state index contributed by atoms with van der Waals surface area (Å²) in [5.41, 5.74) is 0. The van der Waals surface area contributed by atoms with E-state index in [-0.39, 0.29) is 18.1 Å². The van der Waals surface area contributed by atoms with Crippen molar-refractivity contribution in [3.05, 3.63) is 18.2 Å². The Labute approximate surface area is 132 Å². The molecule has 0 aromatic heterocycles. The normalized spacial score (nSPS) is 11.3. The quantitative estimate of drug-likeness (QED) is 0.311. The predicted octanol–water partition coefficient (Wildman–Crippen LogP) is -0.00890. The van der Waals surface area contributed by atoms with Crippen LogP contribution in [-0.2, 0) is 9.59 Å². The van der Waals surface area contributed by atoms with E-state index in [9.17, 15) is 10.2 Å². The van der Waals surface area contributed by atoms with Gasteiger partial charge in [-0.1, -0.05) is 13.8 Å². The lowest BCUT2D eigenvalue weighted by Crippen LogP contribution is -2.35. The number of carbonyl (C=O) groups is 2. The van der Waals surface area contributed by atoms with Crippen LogP contribution in [0.2, 0.25) is 0 Å². The van der Waals surface area contributed by atoms with Gasteiger partial charge in [-0.25, -0.2) is 9.59 Å². The molecule has 1 unspecified atom stereocenters. The second-order valence-corrected chi connectivity index (χ2v) is 4.79. The summed E-state index contributed by atoms with van der Waals surface area (Å²) in [4.78, 5) is 18.2. The zero-order chi connectivity index (χ0) is 18.0. The molecule has 0 aliphatic carbocycles. The molecule has 1 aromatic rings. The first-order valence-electron chi connectivity index (χ1n) is 6.66. The van der Waals surface area contributed by atoms with Crippen LogP contribution in [0.4, 0.5) is 0 Å². The number of phenolic OH excluding ortho intramolecular Hbond substituents is 2. The van der Waals surface area contributed by atoms with Crippen LogP contribution in [0.1, 0.15) is 13.8 Å². The fraction of sp³-hybridized carbons (Fsp3) is 0.429. The van der Waals surface area contributed by atoms with Crippen LogP contribution in [-0.4, -0.2) is 62.8 Å². The molecule has 1 atom stereocenters. The molecule has 0 heterocycles. The Morgan fingerprint density at radius 3 is 2.13 bits per heavy atom. The molecule has 23 heavy (non-hydrogen) atoms. The lowest BCUT2D eigenvalue weighted by atomic mass is 10.3. The zero-order valence-electron chi connectivity index (χ0n) is 12.8. The van der Waals surface area contributed by atoms with E-state index in [4.69, 9.17) is 29.6 Å². The summed E-state index contributed by atoms with van der Waals surface area (Å²) in [6.45, 7) is 4.56. The molecule has 1 rings (SSSR count). The number of aliphatic carboxylic acids is 2. The first kappa shape index (κ1) is 20.5. The number of carboxylic acid groups (broad SMARTS) is 2. The van der Waals surface area contributed by atoms with E-state index in [1.165, 1.54) is 18.2 Å². The molecule has 0 spiro atoms. The van der Waals surface area contributed by atoms with Gasteiger partial charge in [0.15, 0.2) is 11.5 Å². The summed E-state index contributed by atoms with van der Waals surface area (Å²) in [5.74, 6) is -3.68. The van der Waals surface area contributed by atoms with Crippen LogP contribution < -0.4 is 10.1 Å². The van der Waals surface area contributed by atoms with Gasteiger partial charge in [-0.2, -0.15) is 0 Å². The third-order valence-electron chi connectivity index (χ3n) is 2.33. The average Bonchev–Trinajstić information content (AvgIpc) is 2.46. The maximum absolute atomic E-state index is 9.58. The number of benzene rings is 1. The highest BCUT2D eigenvalue weighted by Crippen LogP contribution is 2.28. The summed E-state index contributed by atoms with van der Waals surface area (Å²) in [6, 6.07) is 4.47. The molecule has 0 saturated heterocycles. The van der Waals surface area contributed by atoms with Gasteiger partial charge < -0.3 is 35.6 Å².